The number of anilines is 1. The Balaban J connectivity index is 2.03. The number of halogens is 3. The van der Waals surface area contributed by atoms with Crippen LogP contribution in [0.25, 0.3) is 0 Å². The Kier molecular flexibility index (Phi) is 5.04. The van der Waals surface area contributed by atoms with E-state index >= 15 is 0 Å². The van der Waals surface area contributed by atoms with Crippen LogP contribution in [0.15, 0.2) is 11.4 Å². The van der Waals surface area contributed by atoms with Gasteiger partial charge in [0.15, 0.2) is 0 Å². The number of rotatable bonds is 6. The molecular formula is C9H13F3N2OS. The minimum Gasteiger partial charge on any atom is -0.398 e. The van der Waals surface area contributed by atoms with Gasteiger partial charge in [0, 0.05) is 23.7 Å². The Morgan fingerprint density at radius 3 is 2.75 bits per heavy atom. The molecule has 1 heterocycles. The fraction of sp³-hybridized carbons (Fsp3) is 0.556. The molecule has 0 fully saturated rings. The molecule has 0 spiro atoms. The monoisotopic (exact) mass is 254 g/mol. The number of nitrogens with one attached hydrogen (secondary N) is 1. The summed E-state index contributed by atoms with van der Waals surface area (Å²) >= 11 is 1.51. The number of alkyl halides is 3. The second kappa shape index (κ2) is 6.07. The lowest BCUT2D eigenvalue weighted by atomic mass is 10.4. The molecule has 7 heteroatoms. The van der Waals surface area contributed by atoms with Crippen molar-refractivity contribution in [2.24, 2.45) is 0 Å². The van der Waals surface area contributed by atoms with E-state index < -0.39 is 12.8 Å². The van der Waals surface area contributed by atoms with Gasteiger partial charge in [-0.1, -0.05) is 0 Å². The van der Waals surface area contributed by atoms with Crippen LogP contribution in [-0.4, -0.2) is 25.9 Å². The predicted octanol–water partition coefficient (Wildman–Crippen LogP) is 2.00. The minimum atomic E-state index is -4.25. The number of hydrogen-bond donors (Lipinski definition) is 2. The number of thiophene rings is 1. The van der Waals surface area contributed by atoms with Crippen LogP contribution >= 0.6 is 11.3 Å². The third-order valence-corrected chi connectivity index (χ3v) is 2.69. The zero-order valence-electron chi connectivity index (χ0n) is 8.51. The number of hydrogen-bond acceptors (Lipinski definition) is 4. The molecule has 0 aliphatic rings. The van der Waals surface area contributed by atoms with Crippen LogP contribution in [0.4, 0.5) is 18.9 Å². The van der Waals surface area contributed by atoms with Crippen molar-refractivity contribution in [1.29, 1.82) is 0 Å². The van der Waals surface area contributed by atoms with Crippen LogP contribution in [0.1, 0.15) is 4.88 Å². The molecule has 0 bridgehead atoms. The molecule has 0 unspecified atom stereocenters. The first-order valence-corrected chi connectivity index (χ1v) is 5.54. The molecule has 3 N–H and O–H groups in total. The molecule has 0 amide bonds. The van der Waals surface area contributed by atoms with Crippen LogP contribution < -0.4 is 11.1 Å². The molecule has 0 saturated heterocycles. The van der Waals surface area contributed by atoms with Crippen molar-refractivity contribution >= 4 is 17.0 Å². The molecule has 92 valence electrons. The van der Waals surface area contributed by atoms with E-state index in [1.165, 1.54) is 11.3 Å². The van der Waals surface area contributed by atoms with Gasteiger partial charge in [-0.15, -0.1) is 11.3 Å². The molecule has 1 aromatic heterocycles. The predicted molar refractivity (Wildman–Crippen MR) is 57.3 cm³/mol. The topological polar surface area (TPSA) is 47.3 Å². The summed E-state index contributed by atoms with van der Waals surface area (Å²) in [6, 6.07) is 1.79. The lowest BCUT2D eigenvalue weighted by Crippen LogP contribution is -2.23. The molecule has 0 aliphatic heterocycles. The Morgan fingerprint density at radius 2 is 2.19 bits per heavy atom. The Labute approximate surface area is 95.4 Å². The molecule has 1 rings (SSSR count). The second-order valence-corrected chi connectivity index (χ2v) is 4.14. The van der Waals surface area contributed by atoms with E-state index in [-0.39, 0.29) is 6.61 Å². The summed E-state index contributed by atoms with van der Waals surface area (Å²) in [5.74, 6) is 0. The summed E-state index contributed by atoms with van der Waals surface area (Å²) in [5.41, 5.74) is 6.33. The van der Waals surface area contributed by atoms with Gasteiger partial charge in [0.25, 0.3) is 0 Å². The van der Waals surface area contributed by atoms with Crippen LogP contribution in [0, 0.1) is 0 Å². The van der Waals surface area contributed by atoms with Gasteiger partial charge in [0.1, 0.15) is 6.61 Å². The highest BCUT2D eigenvalue weighted by Crippen LogP contribution is 2.18. The first kappa shape index (κ1) is 13.3. The molecule has 3 nitrogen and oxygen atoms in total. The number of nitrogen functional groups attached to an aromatic ring is 1. The van der Waals surface area contributed by atoms with Gasteiger partial charge in [-0.05, 0) is 11.4 Å². The quantitative estimate of drug-likeness (QED) is 0.763. The molecule has 16 heavy (non-hydrogen) atoms. The van der Waals surface area contributed by atoms with Crippen molar-refractivity contribution in [3.05, 3.63) is 16.3 Å². The smallest absolute Gasteiger partial charge is 0.398 e. The van der Waals surface area contributed by atoms with Crippen molar-refractivity contribution < 1.29 is 17.9 Å². The average Bonchev–Trinajstić information content (AvgIpc) is 2.56. The summed E-state index contributed by atoms with van der Waals surface area (Å²) in [7, 11) is 0. The fourth-order valence-corrected chi connectivity index (χ4v) is 1.80. The number of ether oxygens (including phenoxy) is 1. The van der Waals surface area contributed by atoms with Gasteiger partial charge in [-0.3, -0.25) is 0 Å². The van der Waals surface area contributed by atoms with E-state index in [9.17, 15) is 13.2 Å². The first-order valence-electron chi connectivity index (χ1n) is 4.66. The maximum Gasteiger partial charge on any atom is 0.411 e. The summed E-state index contributed by atoms with van der Waals surface area (Å²) in [6.45, 7) is -0.243. The van der Waals surface area contributed by atoms with Crippen LogP contribution in [0.2, 0.25) is 0 Å². The van der Waals surface area contributed by atoms with Crippen molar-refractivity contribution in [2.75, 3.05) is 25.5 Å². The lowest BCUT2D eigenvalue weighted by Gasteiger charge is -2.08. The van der Waals surface area contributed by atoms with Gasteiger partial charge in [-0.2, -0.15) is 13.2 Å². The zero-order valence-corrected chi connectivity index (χ0v) is 9.33. The SMILES string of the molecule is Nc1ccsc1CNCCOCC(F)(F)F. The van der Waals surface area contributed by atoms with Gasteiger partial charge >= 0.3 is 6.18 Å². The van der Waals surface area contributed by atoms with Gasteiger partial charge in [0.2, 0.25) is 0 Å². The standard InChI is InChI=1S/C9H13F3N2OS/c10-9(11,12)6-15-3-2-14-5-8-7(13)1-4-16-8/h1,4,14H,2-3,5-6,13H2. The molecule has 0 aliphatic carbocycles. The summed E-state index contributed by atoms with van der Waals surface area (Å²) in [6.07, 6.45) is -4.25. The normalized spacial score (nSPS) is 11.9. The van der Waals surface area contributed by atoms with E-state index in [0.29, 0.717) is 18.8 Å². The lowest BCUT2D eigenvalue weighted by molar-refractivity contribution is -0.173. The van der Waals surface area contributed by atoms with Crippen molar-refractivity contribution in [2.45, 2.75) is 12.7 Å². The van der Waals surface area contributed by atoms with Crippen molar-refractivity contribution in [3.8, 4) is 0 Å². The molecule has 0 atom stereocenters. The molecule has 0 saturated carbocycles. The highest BCUT2D eigenvalue weighted by atomic mass is 32.1. The third-order valence-electron chi connectivity index (χ3n) is 1.75. The maximum absolute atomic E-state index is 11.7. The third kappa shape index (κ3) is 5.34. The van der Waals surface area contributed by atoms with Crippen molar-refractivity contribution in [3.63, 3.8) is 0 Å². The zero-order chi connectivity index (χ0) is 12.0. The molecule has 1 aromatic rings. The van der Waals surface area contributed by atoms with E-state index in [0.717, 1.165) is 4.88 Å². The van der Waals surface area contributed by atoms with Gasteiger partial charge in [0.05, 0.1) is 6.61 Å². The van der Waals surface area contributed by atoms with Crippen molar-refractivity contribution in [1.82, 2.24) is 5.32 Å². The molecular weight excluding hydrogens is 241 g/mol. The van der Waals surface area contributed by atoms with E-state index in [4.69, 9.17) is 5.73 Å². The molecule has 0 aromatic carbocycles. The first-order chi connectivity index (χ1) is 7.49. The number of nitrogens with two attached hydrogens (primary N) is 1. The highest BCUT2D eigenvalue weighted by Gasteiger charge is 2.27. The van der Waals surface area contributed by atoms with E-state index in [1.807, 2.05) is 5.38 Å². The van der Waals surface area contributed by atoms with Gasteiger partial charge in [-0.25, -0.2) is 0 Å². The van der Waals surface area contributed by atoms with Crippen LogP contribution in [0.3, 0.4) is 0 Å². The van der Waals surface area contributed by atoms with Crippen LogP contribution in [0.5, 0.6) is 0 Å². The summed E-state index contributed by atoms with van der Waals surface area (Å²) in [5, 5.41) is 4.82. The fourth-order valence-electron chi connectivity index (χ4n) is 1.03. The summed E-state index contributed by atoms with van der Waals surface area (Å²) in [4.78, 5) is 0.982. The Hall–Kier alpha value is -0.790. The second-order valence-electron chi connectivity index (χ2n) is 3.14. The summed E-state index contributed by atoms with van der Waals surface area (Å²) < 4.78 is 39.5. The largest absolute Gasteiger partial charge is 0.411 e. The Morgan fingerprint density at radius 1 is 1.44 bits per heavy atom. The maximum atomic E-state index is 11.7. The van der Waals surface area contributed by atoms with Gasteiger partial charge < -0.3 is 15.8 Å². The average molecular weight is 254 g/mol. The highest BCUT2D eigenvalue weighted by molar-refractivity contribution is 7.10. The van der Waals surface area contributed by atoms with E-state index in [1.54, 1.807) is 6.07 Å². The minimum absolute atomic E-state index is 0.0325. The van der Waals surface area contributed by atoms with Crippen LogP contribution in [-0.2, 0) is 11.3 Å². The molecule has 0 radical (unpaired) electrons. The Bertz CT molecular complexity index is 314. The van der Waals surface area contributed by atoms with E-state index in [2.05, 4.69) is 10.1 Å².